The molecule has 160 valence electrons. The highest BCUT2D eigenvalue weighted by atomic mass is 127. The maximum atomic E-state index is 11.6. The number of nitrogens with zero attached hydrogens (tertiary/aromatic N) is 1. The van der Waals surface area contributed by atoms with E-state index in [0.717, 1.165) is 24.3 Å². The van der Waals surface area contributed by atoms with Crippen molar-refractivity contribution in [2.24, 2.45) is 10.9 Å². The zero-order valence-corrected chi connectivity index (χ0v) is 19.8. The van der Waals surface area contributed by atoms with Gasteiger partial charge >= 0.3 is 0 Å². The minimum Gasteiger partial charge on any atom is -0.497 e. The van der Waals surface area contributed by atoms with Gasteiger partial charge in [0.2, 0.25) is 0 Å². The molecule has 2 N–H and O–H groups in total. The van der Waals surface area contributed by atoms with Gasteiger partial charge in [-0.05, 0) is 43.4 Å². The van der Waals surface area contributed by atoms with Gasteiger partial charge < -0.3 is 20.1 Å². The molecule has 0 amide bonds. The fourth-order valence-corrected chi connectivity index (χ4v) is 4.74. The van der Waals surface area contributed by atoms with E-state index in [1.54, 1.807) is 7.11 Å². The summed E-state index contributed by atoms with van der Waals surface area (Å²) in [6.45, 7) is 5.29. The Bertz CT molecular complexity index is 696. The van der Waals surface area contributed by atoms with Crippen LogP contribution in [0.1, 0.15) is 25.3 Å². The minimum absolute atomic E-state index is 0. The van der Waals surface area contributed by atoms with Crippen LogP contribution in [0.4, 0.5) is 0 Å². The van der Waals surface area contributed by atoms with E-state index in [1.807, 2.05) is 31.2 Å². The topological polar surface area (TPSA) is 89.0 Å². The van der Waals surface area contributed by atoms with Crippen LogP contribution in [0, 0.1) is 5.92 Å². The van der Waals surface area contributed by atoms with Crippen molar-refractivity contribution in [1.29, 1.82) is 0 Å². The van der Waals surface area contributed by atoms with Crippen molar-refractivity contribution in [2.45, 2.75) is 26.3 Å². The van der Waals surface area contributed by atoms with E-state index in [0.29, 0.717) is 44.4 Å². The van der Waals surface area contributed by atoms with Gasteiger partial charge in [-0.2, -0.15) is 0 Å². The summed E-state index contributed by atoms with van der Waals surface area (Å²) in [5, 5.41) is 6.59. The number of rotatable bonds is 10. The van der Waals surface area contributed by atoms with Crippen LogP contribution in [-0.2, 0) is 21.1 Å². The average molecular weight is 525 g/mol. The van der Waals surface area contributed by atoms with Gasteiger partial charge in [0.15, 0.2) is 15.8 Å². The van der Waals surface area contributed by atoms with E-state index >= 15 is 0 Å². The van der Waals surface area contributed by atoms with Crippen molar-refractivity contribution in [3.63, 3.8) is 0 Å². The first kappa shape index (κ1) is 25.0. The molecule has 28 heavy (non-hydrogen) atoms. The molecule has 1 atom stereocenters. The molecule has 1 aliphatic rings. The number of hydrogen-bond acceptors (Lipinski definition) is 5. The fourth-order valence-electron chi connectivity index (χ4n) is 2.87. The summed E-state index contributed by atoms with van der Waals surface area (Å²) in [6, 6.07) is 7.80. The van der Waals surface area contributed by atoms with Crippen LogP contribution in [0.2, 0.25) is 0 Å². The third-order valence-corrected chi connectivity index (χ3v) is 6.26. The lowest BCUT2D eigenvalue weighted by atomic mass is 10.1. The van der Waals surface area contributed by atoms with Crippen LogP contribution in [0.3, 0.4) is 0 Å². The van der Waals surface area contributed by atoms with E-state index in [2.05, 4.69) is 15.6 Å². The van der Waals surface area contributed by atoms with Gasteiger partial charge in [-0.1, -0.05) is 12.1 Å². The monoisotopic (exact) mass is 525 g/mol. The van der Waals surface area contributed by atoms with Crippen molar-refractivity contribution < 1.29 is 17.9 Å². The summed E-state index contributed by atoms with van der Waals surface area (Å²) >= 11 is 0. The largest absolute Gasteiger partial charge is 0.497 e. The van der Waals surface area contributed by atoms with Crippen molar-refractivity contribution in [1.82, 2.24) is 10.6 Å². The molecule has 1 heterocycles. The molecular weight excluding hydrogens is 493 g/mol. The Morgan fingerprint density at radius 1 is 1.25 bits per heavy atom. The Morgan fingerprint density at radius 3 is 2.61 bits per heavy atom. The van der Waals surface area contributed by atoms with Crippen LogP contribution < -0.4 is 15.4 Å². The average Bonchev–Trinajstić information content (AvgIpc) is 3.02. The Balaban J connectivity index is 0.00000392. The molecule has 1 unspecified atom stereocenters. The Hall–Kier alpha value is -1.07. The predicted molar refractivity (Wildman–Crippen MR) is 123 cm³/mol. The second-order valence-corrected chi connectivity index (χ2v) is 8.87. The van der Waals surface area contributed by atoms with Crippen LogP contribution >= 0.6 is 24.0 Å². The normalized spacial score (nSPS) is 18.4. The highest BCUT2D eigenvalue weighted by Gasteiger charge is 2.27. The predicted octanol–water partition coefficient (Wildman–Crippen LogP) is 2.21. The first-order valence-corrected chi connectivity index (χ1v) is 11.3. The maximum absolute atomic E-state index is 11.6. The van der Waals surface area contributed by atoms with Gasteiger partial charge in [-0.15, -0.1) is 24.0 Å². The number of ether oxygens (including phenoxy) is 2. The fraction of sp³-hybridized carbons (Fsp3) is 0.632. The van der Waals surface area contributed by atoms with E-state index in [4.69, 9.17) is 9.47 Å². The number of guanidine groups is 1. The molecule has 1 aromatic carbocycles. The van der Waals surface area contributed by atoms with Crippen LogP contribution in [0.5, 0.6) is 5.75 Å². The zero-order chi connectivity index (χ0) is 19.5. The molecule has 7 nitrogen and oxygen atoms in total. The summed E-state index contributed by atoms with van der Waals surface area (Å²) in [5.41, 5.74) is 1.08. The number of benzene rings is 1. The molecule has 2 rings (SSSR count). The van der Waals surface area contributed by atoms with Crippen LogP contribution in [0.25, 0.3) is 0 Å². The molecule has 1 fully saturated rings. The van der Waals surface area contributed by atoms with Gasteiger partial charge in [0.05, 0.1) is 25.2 Å². The van der Waals surface area contributed by atoms with Gasteiger partial charge in [0.1, 0.15) is 5.75 Å². The molecular formula is C19H32IN3O4S. The SMILES string of the molecule is CCOCCCNC(=NCc1ccc(OC)cc1)NCC1CCS(=O)(=O)C1.I. The highest BCUT2D eigenvalue weighted by molar-refractivity contribution is 14.0. The van der Waals surface area contributed by atoms with Crippen molar-refractivity contribution in [2.75, 3.05) is 44.9 Å². The molecule has 0 aliphatic carbocycles. The van der Waals surface area contributed by atoms with E-state index in [1.165, 1.54) is 0 Å². The van der Waals surface area contributed by atoms with Crippen LogP contribution in [0.15, 0.2) is 29.3 Å². The molecule has 0 saturated carbocycles. The number of halogens is 1. The quantitative estimate of drug-likeness (QED) is 0.211. The maximum Gasteiger partial charge on any atom is 0.191 e. The summed E-state index contributed by atoms with van der Waals surface area (Å²) in [7, 11) is -1.22. The first-order chi connectivity index (χ1) is 13.0. The van der Waals surface area contributed by atoms with Gasteiger partial charge in [-0.3, -0.25) is 0 Å². The van der Waals surface area contributed by atoms with Crippen molar-refractivity contribution in [3.8, 4) is 5.75 Å². The first-order valence-electron chi connectivity index (χ1n) is 9.45. The van der Waals surface area contributed by atoms with Crippen LogP contribution in [-0.4, -0.2) is 59.3 Å². The van der Waals surface area contributed by atoms with Gasteiger partial charge in [0.25, 0.3) is 0 Å². The zero-order valence-electron chi connectivity index (χ0n) is 16.6. The lowest BCUT2D eigenvalue weighted by Gasteiger charge is -2.15. The Morgan fingerprint density at radius 2 is 2.00 bits per heavy atom. The van der Waals surface area contributed by atoms with E-state index < -0.39 is 9.84 Å². The lowest BCUT2D eigenvalue weighted by molar-refractivity contribution is 0.145. The summed E-state index contributed by atoms with van der Waals surface area (Å²) in [6.07, 6.45) is 1.60. The second kappa shape index (κ2) is 13.2. The molecule has 1 saturated heterocycles. The number of nitrogens with one attached hydrogen (secondary N) is 2. The summed E-state index contributed by atoms with van der Waals surface area (Å²) in [4.78, 5) is 4.63. The third kappa shape index (κ3) is 9.42. The Kier molecular flexibility index (Phi) is 11.8. The number of hydrogen-bond donors (Lipinski definition) is 2. The minimum atomic E-state index is -2.86. The third-order valence-electron chi connectivity index (χ3n) is 4.43. The van der Waals surface area contributed by atoms with E-state index in [9.17, 15) is 8.42 Å². The van der Waals surface area contributed by atoms with Gasteiger partial charge in [0, 0.05) is 26.3 Å². The Labute approximate surface area is 185 Å². The lowest BCUT2D eigenvalue weighted by Crippen LogP contribution is -2.40. The van der Waals surface area contributed by atoms with Crippen molar-refractivity contribution >= 4 is 39.8 Å². The van der Waals surface area contributed by atoms with Gasteiger partial charge in [-0.25, -0.2) is 13.4 Å². The summed E-state index contributed by atoms with van der Waals surface area (Å²) < 4.78 is 33.8. The molecule has 0 spiro atoms. The molecule has 0 aromatic heterocycles. The smallest absolute Gasteiger partial charge is 0.191 e. The number of sulfone groups is 1. The standard InChI is InChI=1S/C19H31N3O4S.HI/c1-3-26-11-4-10-20-19(22-14-17-9-12-27(23,24)15-17)21-13-16-5-7-18(25-2)8-6-16;/h5-8,17H,3-4,9-15H2,1-2H3,(H2,20,21,22);1H. The summed E-state index contributed by atoms with van der Waals surface area (Å²) in [5.74, 6) is 2.21. The van der Waals surface area contributed by atoms with E-state index in [-0.39, 0.29) is 35.6 Å². The molecule has 9 heteroatoms. The molecule has 1 aromatic rings. The highest BCUT2D eigenvalue weighted by Crippen LogP contribution is 2.17. The number of methoxy groups -OCH3 is 1. The van der Waals surface area contributed by atoms with Crippen molar-refractivity contribution in [3.05, 3.63) is 29.8 Å². The number of aliphatic imine (C=N–C) groups is 1. The second-order valence-electron chi connectivity index (χ2n) is 6.64. The molecule has 0 bridgehead atoms. The molecule has 0 radical (unpaired) electrons. The molecule has 1 aliphatic heterocycles.